The van der Waals surface area contributed by atoms with E-state index in [0.717, 1.165) is 24.8 Å². The van der Waals surface area contributed by atoms with Crippen molar-refractivity contribution in [3.05, 3.63) is 0 Å². The molecule has 1 fully saturated rings. The lowest BCUT2D eigenvalue weighted by atomic mass is 9.89. The van der Waals surface area contributed by atoms with Gasteiger partial charge in [0.05, 0.1) is 5.60 Å². The van der Waals surface area contributed by atoms with Crippen LogP contribution in [0.25, 0.3) is 0 Å². The molecule has 3 heteroatoms. The molecule has 0 aromatic heterocycles. The van der Waals surface area contributed by atoms with E-state index < -0.39 is 0 Å². The molecule has 2 N–H and O–H groups in total. The van der Waals surface area contributed by atoms with E-state index in [2.05, 4.69) is 32.6 Å². The first-order chi connectivity index (χ1) is 8.89. The highest BCUT2D eigenvalue weighted by atomic mass is 16.5. The molecule has 0 amide bonds. The lowest BCUT2D eigenvalue weighted by molar-refractivity contribution is -0.00742. The molecule has 3 nitrogen and oxygen atoms in total. The minimum absolute atomic E-state index is 0.0756. The fraction of sp³-hybridized carbons (Fsp3) is 1.00. The summed E-state index contributed by atoms with van der Waals surface area (Å²) in [5.74, 6) is 1.70. The lowest BCUT2D eigenvalue weighted by Gasteiger charge is -2.35. The molecule has 0 aromatic carbocycles. The van der Waals surface area contributed by atoms with Crippen LogP contribution in [-0.2, 0) is 4.74 Å². The zero-order valence-corrected chi connectivity index (χ0v) is 13.6. The van der Waals surface area contributed by atoms with Gasteiger partial charge < -0.3 is 10.5 Å². The fourth-order valence-corrected chi connectivity index (χ4v) is 3.19. The van der Waals surface area contributed by atoms with E-state index in [9.17, 15) is 0 Å². The molecule has 1 rings (SSSR count). The van der Waals surface area contributed by atoms with Crippen LogP contribution in [0.1, 0.15) is 53.4 Å². The van der Waals surface area contributed by atoms with Crippen molar-refractivity contribution >= 4 is 0 Å². The summed E-state index contributed by atoms with van der Waals surface area (Å²) < 4.78 is 5.57. The average molecular weight is 270 g/mol. The molecule has 1 heterocycles. The van der Waals surface area contributed by atoms with Gasteiger partial charge in [-0.15, -0.1) is 0 Å². The van der Waals surface area contributed by atoms with Crippen LogP contribution in [0.15, 0.2) is 0 Å². The molecule has 0 saturated carbocycles. The highest BCUT2D eigenvalue weighted by Gasteiger charge is 2.28. The minimum atomic E-state index is -0.0756. The van der Waals surface area contributed by atoms with Gasteiger partial charge in [-0.05, 0) is 64.5 Å². The Balaban J connectivity index is 2.57. The van der Waals surface area contributed by atoms with E-state index in [0.29, 0.717) is 6.04 Å². The normalized spacial score (nSPS) is 24.5. The molecular weight excluding hydrogens is 236 g/mol. The number of hydrogen-bond acceptors (Lipinski definition) is 3. The molecule has 0 spiro atoms. The summed E-state index contributed by atoms with van der Waals surface area (Å²) in [4.78, 5) is 2.60. The van der Waals surface area contributed by atoms with Gasteiger partial charge >= 0.3 is 0 Å². The minimum Gasteiger partial charge on any atom is -0.379 e. The molecular formula is C16H34N2O. The highest BCUT2D eigenvalue weighted by molar-refractivity contribution is 4.83. The van der Waals surface area contributed by atoms with Gasteiger partial charge in [-0.3, -0.25) is 4.90 Å². The zero-order chi connectivity index (χ0) is 14.5. The number of hydrogen-bond donors (Lipinski definition) is 1. The summed E-state index contributed by atoms with van der Waals surface area (Å²) in [6.07, 6.45) is 5.03. The van der Waals surface area contributed by atoms with Gasteiger partial charge in [0, 0.05) is 19.7 Å². The lowest BCUT2D eigenvalue weighted by Crippen LogP contribution is -2.45. The molecule has 0 bridgehead atoms. The fourth-order valence-electron chi connectivity index (χ4n) is 3.19. The van der Waals surface area contributed by atoms with Crippen molar-refractivity contribution in [1.82, 2.24) is 4.90 Å². The molecule has 1 aliphatic rings. The number of nitrogens with zero attached hydrogens (tertiary/aromatic N) is 1. The van der Waals surface area contributed by atoms with E-state index in [4.69, 9.17) is 10.5 Å². The second-order valence-electron chi connectivity index (χ2n) is 7.03. The smallest absolute Gasteiger partial charge is 0.0638 e. The van der Waals surface area contributed by atoms with Crippen LogP contribution in [-0.4, -0.2) is 43.3 Å². The van der Waals surface area contributed by atoms with Crippen LogP contribution in [0.5, 0.6) is 0 Å². The van der Waals surface area contributed by atoms with Crippen molar-refractivity contribution in [3.63, 3.8) is 0 Å². The highest BCUT2D eigenvalue weighted by Crippen LogP contribution is 2.27. The molecule has 0 aromatic rings. The maximum absolute atomic E-state index is 6.01. The quantitative estimate of drug-likeness (QED) is 0.806. The number of ether oxygens (including phenoxy) is 1. The van der Waals surface area contributed by atoms with Crippen LogP contribution >= 0.6 is 0 Å². The third-order valence-corrected chi connectivity index (χ3v) is 4.82. The summed E-state index contributed by atoms with van der Waals surface area (Å²) in [6, 6.07) is 0.459. The summed E-state index contributed by atoms with van der Waals surface area (Å²) in [6.45, 7) is 12.2. The van der Waals surface area contributed by atoms with E-state index in [1.165, 1.54) is 32.4 Å². The number of likely N-dealkylation sites (tertiary alicyclic amines) is 1. The molecule has 19 heavy (non-hydrogen) atoms. The summed E-state index contributed by atoms with van der Waals surface area (Å²) in [5.41, 5.74) is 5.94. The predicted molar refractivity (Wildman–Crippen MR) is 82.3 cm³/mol. The summed E-state index contributed by atoms with van der Waals surface area (Å²) >= 11 is 0. The Labute approximate surface area is 119 Å². The number of rotatable bonds is 6. The van der Waals surface area contributed by atoms with Crippen LogP contribution in [0.4, 0.5) is 0 Å². The summed E-state index contributed by atoms with van der Waals surface area (Å²) in [5, 5.41) is 0. The van der Waals surface area contributed by atoms with Crippen molar-refractivity contribution in [3.8, 4) is 0 Å². The Morgan fingerprint density at radius 3 is 2.47 bits per heavy atom. The third kappa shape index (κ3) is 5.41. The standard InChI is InChI=1S/C16H34N2O/c1-13(2)14-7-6-9-18(10-8-14)15(12-17)11-16(3,4)19-5/h13-15H,6-12,17H2,1-5H3. The van der Waals surface area contributed by atoms with Crippen molar-refractivity contribution in [1.29, 1.82) is 0 Å². The molecule has 2 atom stereocenters. The molecule has 1 saturated heterocycles. The third-order valence-electron chi connectivity index (χ3n) is 4.82. The number of nitrogens with two attached hydrogens (primary N) is 1. The number of methoxy groups -OCH3 is 1. The first-order valence-corrected chi connectivity index (χ1v) is 7.89. The van der Waals surface area contributed by atoms with Gasteiger partial charge in [0.1, 0.15) is 0 Å². The Morgan fingerprint density at radius 1 is 1.26 bits per heavy atom. The molecule has 2 unspecified atom stereocenters. The van der Waals surface area contributed by atoms with Gasteiger partial charge in [0.2, 0.25) is 0 Å². The van der Waals surface area contributed by atoms with E-state index in [1.807, 2.05) is 0 Å². The molecule has 1 aliphatic heterocycles. The van der Waals surface area contributed by atoms with Crippen LogP contribution in [0.2, 0.25) is 0 Å². The summed E-state index contributed by atoms with van der Waals surface area (Å²) in [7, 11) is 1.80. The van der Waals surface area contributed by atoms with E-state index in [-0.39, 0.29) is 5.60 Å². The van der Waals surface area contributed by atoms with Crippen molar-refractivity contribution < 1.29 is 4.74 Å². The Hall–Kier alpha value is -0.120. The van der Waals surface area contributed by atoms with Gasteiger partial charge in [-0.2, -0.15) is 0 Å². The van der Waals surface area contributed by atoms with Crippen molar-refractivity contribution in [2.45, 2.75) is 65.0 Å². The van der Waals surface area contributed by atoms with Gasteiger partial charge in [-0.25, -0.2) is 0 Å². The van der Waals surface area contributed by atoms with Gasteiger partial charge in [0.15, 0.2) is 0 Å². The molecule has 114 valence electrons. The molecule has 0 radical (unpaired) electrons. The van der Waals surface area contributed by atoms with Crippen LogP contribution < -0.4 is 5.73 Å². The Kier molecular flexibility index (Phi) is 6.78. The van der Waals surface area contributed by atoms with Crippen LogP contribution in [0, 0.1) is 11.8 Å². The largest absolute Gasteiger partial charge is 0.379 e. The van der Waals surface area contributed by atoms with Gasteiger partial charge in [0.25, 0.3) is 0 Å². The van der Waals surface area contributed by atoms with Crippen LogP contribution in [0.3, 0.4) is 0 Å². The zero-order valence-electron chi connectivity index (χ0n) is 13.6. The second-order valence-corrected chi connectivity index (χ2v) is 7.03. The average Bonchev–Trinajstić information content (AvgIpc) is 2.61. The Morgan fingerprint density at radius 2 is 1.95 bits per heavy atom. The maximum atomic E-state index is 6.01. The second kappa shape index (κ2) is 7.61. The maximum Gasteiger partial charge on any atom is 0.0638 e. The molecule has 0 aliphatic carbocycles. The predicted octanol–water partition coefficient (Wildman–Crippen LogP) is 2.89. The van der Waals surface area contributed by atoms with E-state index in [1.54, 1.807) is 7.11 Å². The Bertz CT molecular complexity index is 253. The topological polar surface area (TPSA) is 38.5 Å². The monoisotopic (exact) mass is 270 g/mol. The van der Waals surface area contributed by atoms with Crippen molar-refractivity contribution in [2.75, 3.05) is 26.7 Å². The first kappa shape index (κ1) is 16.9. The van der Waals surface area contributed by atoms with Gasteiger partial charge in [-0.1, -0.05) is 13.8 Å². The van der Waals surface area contributed by atoms with Crippen molar-refractivity contribution in [2.24, 2.45) is 17.6 Å². The SMILES string of the molecule is COC(C)(C)CC(CN)N1CCCC(C(C)C)CC1. The first-order valence-electron chi connectivity index (χ1n) is 7.89. The van der Waals surface area contributed by atoms with E-state index >= 15 is 0 Å².